The standard InChI is InChI=1S/C32H24ClN3O7/c33-20-10-13-27-25(15-20)26(32(40)43-17-29(37)19-4-3-5-22(14-19)36(41)42)16-28(34-27)18-8-11-21(12-9-18)35-30(38)23-6-1-2-7-24(23)31(35)39/h3-5,8-16,23-24H,1-2,6-7,17H2. The Balaban J connectivity index is 1.27. The van der Waals surface area contributed by atoms with Crippen LogP contribution >= 0.6 is 11.6 Å². The van der Waals surface area contributed by atoms with Gasteiger partial charge in [-0.05, 0) is 49.2 Å². The zero-order chi connectivity index (χ0) is 30.2. The van der Waals surface area contributed by atoms with E-state index in [2.05, 4.69) is 4.98 Å². The molecule has 6 rings (SSSR count). The number of fused-ring (bicyclic) bond motifs is 2. The minimum absolute atomic E-state index is 0.0413. The van der Waals surface area contributed by atoms with Crippen LogP contribution in [0.4, 0.5) is 11.4 Å². The summed E-state index contributed by atoms with van der Waals surface area (Å²) in [5.41, 5.74) is 1.90. The number of hydrogen-bond acceptors (Lipinski definition) is 8. The predicted octanol–water partition coefficient (Wildman–Crippen LogP) is 6.18. The van der Waals surface area contributed by atoms with E-state index < -0.39 is 23.3 Å². The fraction of sp³-hybridized carbons (Fsp3) is 0.219. The van der Waals surface area contributed by atoms with Gasteiger partial charge in [0.1, 0.15) is 0 Å². The predicted molar refractivity (Wildman–Crippen MR) is 158 cm³/mol. The molecule has 2 heterocycles. The third-order valence-electron chi connectivity index (χ3n) is 7.97. The minimum atomic E-state index is -0.804. The van der Waals surface area contributed by atoms with Gasteiger partial charge >= 0.3 is 5.97 Å². The van der Waals surface area contributed by atoms with E-state index in [1.54, 1.807) is 42.5 Å². The average Bonchev–Trinajstić information content (AvgIpc) is 3.28. The summed E-state index contributed by atoms with van der Waals surface area (Å²) in [7, 11) is 0. The quantitative estimate of drug-likeness (QED) is 0.0809. The van der Waals surface area contributed by atoms with Gasteiger partial charge in [-0.1, -0.05) is 48.7 Å². The van der Waals surface area contributed by atoms with Crippen molar-refractivity contribution in [3.05, 3.63) is 99.1 Å². The molecule has 3 aromatic carbocycles. The first kappa shape index (κ1) is 28.2. The number of benzene rings is 3. The fourth-order valence-electron chi connectivity index (χ4n) is 5.80. The van der Waals surface area contributed by atoms with Gasteiger partial charge in [0.25, 0.3) is 5.69 Å². The van der Waals surface area contributed by atoms with Crippen LogP contribution in [0.25, 0.3) is 22.2 Å². The van der Waals surface area contributed by atoms with E-state index in [0.717, 1.165) is 31.7 Å². The Morgan fingerprint density at radius 2 is 1.65 bits per heavy atom. The highest BCUT2D eigenvalue weighted by Crippen LogP contribution is 2.40. The molecular weight excluding hydrogens is 574 g/mol. The minimum Gasteiger partial charge on any atom is -0.454 e. The summed E-state index contributed by atoms with van der Waals surface area (Å²) in [4.78, 5) is 68.3. The third-order valence-corrected chi connectivity index (χ3v) is 8.20. The Morgan fingerprint density at radius 3 is 2.33 bits per heavy atom. The molecule has 1 aliphatic carbocycles. The van der Waals surface area contributed by atoms with Crippen LogP contribution in [0.2, 0.25) is 5.02 Å². The number of carbonyl (C=O) groups excluding carboxylic acids is 4. The Labute approximate surface area is 250 Å². The van der Waals surface area contributed by atoms with Gasteiger partial charge < -0.3 is 4.74 Å². The van der Waals surface area contributed by atoms with Crippen molar-refractivity contribution >= 4 is 57.4 Å². The van der Waals surface area contributed by atoms with Crippen molar-refractivity contribution in [2.45, 2.75) is 25.7 Å². The third kappa shape index (κ3) is 5.37. The lowest BCUT2D eigenvalue weighted by atomic mass is 9.81. The molecule has 43 heavy (non-hydrogen) atoms. The van der Waals surface area contributed by atoms with Crippen LogP contribution in [0.1, 0.15) is 46.4 Å². The van der Waals surface area contributed by atoms with E-state index in [1.165, 1.54) is 29.2 Å². The van der Waals surface area contributed by atoms with Crippen LogP contribution in [-0.2, 0) is 14.3 Å². The van der Waals surface area contributed by atoms with Gasteiger partial charge in [0.05, 0.1) is 39.2 Å². The van der Waals surface area contributed by atoms with E-state index >= 15 is 0 Å². The zero-order valence-corrected chi connectivity index (χ0v) is 23.5. The van der Waals surface area contributed by atoms with E-state index in [-0.39, 0.29) is 40.5 Å². The molecule has 216 valence electrons. The summed E-state index contributed by atoms with van der Waals surface area (Å²) in [5.74, 6) is -2.24. The fourth-order valence-corrected chi connectivity index (χ4v) is 5.97. The number of hydrogen-bond donors (Lipinski definition) is 0. The monoisotopic (exact) mass is 597 g/mol. The van der Waals surface area contributed by atoms with Gasteiger partial charge in [-0.2, -0.15) is 0 Å². The Morgan fingerprint density at radius 1 is 0.953 bits per heavy atom. The van der Waals surface area contributed by atoms with Crippen molar-refractivity contribution < 1.29 is 28.8 Å². The number of nitro benzene ring substituents is 1. The van der Waals surface area contributed by atoms with Crippen LogP contribution < -0.4 is 4.90 Å². The number of imide groups is 1. The number of ether oxygens (including phenoxy) is 1. The van der Waals surface area contributed by atoms with Crippen molar-refractivity contribution in [2.75, 3.05) is 11.5 Å². The smallest absolute Gasteiger partial charge is 0.339 e. The number of Topliss-reactive ketones (excluding diaryl/α,β-unsaturated/α-hetero) is 1. The lowest BCUT2D eigenvalue weighted by molar-refractivity contribution is -0.384. The number of nitrogens with zero attached hydrogens (tertiary/aromatic N) is 3. The van der Waals surface area contributed by atoms with E-state index in [4.69, 9.17) is 16.3 Å². The largest absolute Gasteiger partial charge is 0.454 e. The molecular formula is C32H24ClN3O7. The second-order valence-electron chi connectivity index (χ2n) is 10.6. The Hall–Kier alpha value is -4.96. The summed E-state index contributed by atoms with van der Waals surface area (Å²) in [6.45, 7) is -0.631. The van der Waals surface area contributed by atoms with Crippen LogP contribution in [0.5, 0.6) is 0 Å². The molecule has 2 unspecified atom stereocenters. The first-order valence-electron chi connectivity index (χ1n) is 13.7. The lowest BCUT2D eigenvalue weighted by Crippen LogP contribution is -2.30. The normalized spacial score (nSPS) is 18.0. The molecule has 2 amide bonds. The van der Waals surface area contributed by atoms with Crippen molar-refractivity contribution in [1.82, 2.24) is 4.98 Å². The summed E-state index contributed by atoms with van der Waals surface area (Å²) < 4.78 is 5.33. The van der Waals surface area contributed by atoms with Crippen LogP contribution in [0, 0.1) is 22.0 Å². The zero-order valence-electron chi connectivity index (χ0n) is 22.7. The van der Waals surface area contributed by atoms with E-state index in [1.807, 2.05) is 0 Å². The summed E-state index contributed by atoms with van der Waals surface area (Å²) in [6.07, 6.45) is 3.34. The number of halogens is 1. The van der Waals surface area contributed by atoms with Gasteiger partial charge in [0.15, 0.2) is 6.61 Å². The molecule has 0 spiro atoms. The number of pyridine rings is 1. The second kappa shape index (κ2) is 11.4. The molecule has 2 aliphatic rings. The number of non-ortho nitro benzene ring substituents is 1. The number of ketones is 1. The number of aromatic nitrogens is 1. The number of esters is 1. The van der Waals surface area contributed by atoms with Gasteiger partial charge in [0, 0.05) is 33.7 Å². The SMILES string of the molecule is O=C(COC(=O)c1cc(-c2ccc(N3C(=O)C4CCCCC4C3=O)cc2)nc2ccc(Cl)cc12)c1cccc([N+](=O)[O-])c1. The average molecular weight is 598 g/mol. The highest BCUT2D eigenvalue weighted by atomic mass is 35.5. The van der Waals surface area contributed by atoms with Crippen molar-refractivity contribution in [3.63, 3.8) is 0 Å². The topological polar surface area (TPSA) is 137 Å². The van der Waals surface area contributed by atoms with Crippen LogP contribution in [0.3, 0.4) is 0 Å². The molecule has 1 aromatic heterocycles. The highest BCUT2D eigenvalue weighted by Gasteiger charge is 2.48. The number of nitro groups is 1. The molecule has 0 bridgehead atoms. The maximum atomic E-state index is 13.3. The molecule has 11 heteroatoms. The first-order valence-corrected chi connectivity index (χ1v) is 14.1. The number of anilines is 1. The van der Waals surface area contributed by atoms with Gasteiger partial charge in [-0.15, -0.1) is 0 Å². The van der Waals surface area contributed by atoms with Gasteiger partial charge in [-0.3, -0.25) is 29.4 Å². The van der Waals surface area contributed by atoms with Gasteiger partial charge in [0.2, 0.25) is 17.6 Å². The number of carbonyl (C=O) groups is 4. The Kier molecular flexibility index (Phi) is 7.45. The van der Waals surface area contributed by atoms with E-state index in [9.17, 15) is 29.3 Å². The number of amides is 2. The molecule has 1 aliphatic heterocycles. The van der Waals surface area contributed by atoms with Crippen LogP contribution in [-0.4, -0.2) is 40.1 Å². The van der Waals surface area contributed by atoms with Crippen LogP contribution in [0.15, 0.2) is 72.8 Å². The molecule has 10 nitrogen and oxygen atoms in total. The Bertz CT molecular complexity index is 1800. The highest BCUT2D eigenvalue weighted by molar-refractivity contribution is 6.31. The summed E-state index contributed by atoms with van der Waals surface area (Å²) in [6, 6.07) is 18.4. The summed E-state index contributed by atoms with van der Waals surface area (Å²) in [5, 5.41) is 11.8. The maximum absolute atomic E-state index is 13.3. The molecule has 2 atom stereocenters. The van der Waals surface area contributed by atoms with Crippen molar-refractivity contribution in [1.29, 1.82) is 0 Å². The van der Waals surface area contributed by atoms with Crippen molar-refractivity contribution in [3.8, 4) is 11.3 Å². The molecule has 1 saturated carbocycles. The van der Waals surface area contributed by atoms with Crippen molar-refractivity contribution in [2.24, 2.45) is 11.8 Å². The molecule has 2 fully saturated rings. The lowest BCUT2D eigenvalue weighted by Gasteiger charge is -2.19. The maximum Gasteiger partial charge on any atom is 0.339 e. The van der Waals surface area contributed by atoms with Gasteiger partial charge in [-0.25, -0.2) is 9.78 Å². The second-order valence-corrected chi connectivity index (χ2v) is 11.0. The number of rotatable bonds is 7. The molecule has 0 N–H and O–H groups in total. The van der Waals surface area contributed by atoms with E-state index in [0.29, 0.717) is 32.9 Å². The summed E-state index contributed by atoms with van der Waals surface area (Å²) >= 11 is 6.20. The molecule has 0 radical (unpaired) electrons. The first-order chi connectivity index (χ1) is 20.7. The molecule has 4 aromatic rings. The molecule has 1 saturated heterocycles.